The van der Waals surface area contributed by atoms with E-state index in [4.69, 9.17) is 0 Å². The second-order valence-corrected chi connectivity index (χ2v) is 5.62. The lowest BCUT2D eigenvalue weighted by Crippen LogP contribution is -2.52. The molecule has 2 aliphatic rings. The van der Waals surface area contributed by atoms with Crippen LogP contribution in [-0.2, 0) is 4.79 Å². The molecule has 2 unspecified atom stereocenters. The number of rotatable bonds is 3. The maximum absolute atomic E-state index is 13.1. The molecule has 2 atom stereocenters. The molecule has 0 spiro atoms. The minimum atomic E-state index is -4.34. The Morgan fingerprint density at radius 1 is 1.15 bits per heavy atom. The lowest BCUT2D eigenvalue weighted by molar-refractivity contribution is -0.173. The molecule has 2 rings (SSSR count). The number of nitrogens with one attached hydrogen (secondary N) is 2. The summed E-state index contributed by atoms with van der Waals surface area (Å²) >= 11 is 0. The zero-order valence-electron chi connectivity index (χ0n) is 11.3. The second-order valence-electron chi connectivity index (χ2n) is 5.62. The molecule has 2 fully saturated rings. The highest BCUT2D eigenvalue weighted by Crippen LogP contribution is 2.35. The van der Waals surface area contributed by atoms with Gasteiger partial charge in [0.2, 0.25) is 5.91 Å². The SMILES string of the molecule is Cl.O=C(NC(C1CCCC1)C(F)(F)F)C1CCCNC1. The number of carbonyl (C=O) groups excluding carboxylic acids is 1. The molecule has 1 heterocycles. The first-order valence-electron chi connectivity index (χ1n) is 7.06. The van der Waals surface area contributed by atoms with Crippen molar-refractivity contribution in [3.05, 3.63) is 0 Å². The Balaban J connectivity index is 0.00000200. The molecule has 20 heavy (non-hydrogen) atoms. The number of piperidine rings is 1. The third-order valence-corrected chi connectivity index (χ3v) is 4.19. The highest BCUT2D eigenvalue weighted by molar-refractivity contribution is 5.85. The maximum Gasteiger partial charge on any atom is 0.408 e. The fourth-order valence-corrected chi connectivity index (χ4v) is 3.10. The summed E-state index contributed by atoms with van der Waals surface area (Å²) < 4.78 is 39.2. The summed E-state index contributed by atoms with van der Waals surface area (Å²) in [5, 5.41) is 5.32. The van der Waals surface area contributed by atoms with Crippen molar-refractivity contribution < 1.29 is 18.0 Å². The number of hydrogen-bond donors (Lipinski definition) is 2. The van der Waals surface area contributed by atoms with Gasteiger partial charge in [0, 0.05) is 6.54 Å². The van der Waals surface area contributed by atoms with E-state index < -0.39 is 24.0 Å². The van der Waals surface area contributed by atoms with E-state index in [1.807, 2.05) is 0 Å². The highest BCUT2D eigenvalue weighted by Gasteiger charge is 2.46. The van der Waals surface area contributed by atoms with Gasteiger partial charge in [-0.1, -0.05) is 12.8 Å². The number of halogens is 4. The van der Waals surface area contributed by atoms with Crippen LogP contribution < -0.4 is 10.6 Å². The van der Waals surface area contributed by atoms with Crippen LogP contribution in [0.3, 0.4) is 0 Å². The van der Waals surface area contributed by atoms with Crippen molar-refractivity contribution in [2.75, 3.05) is 13.1 Å². The predicted molar refractivity (Wildman–Crippen MR) is 72.8 cm³/mol. The number of carbonyl (C=O) groups is 1. The summed E-state index contributed by atoms with van der Waals surface area (Å²) in [6, 6.07) is -1.66. The van der Waals surface area contributed by atoms with Crippen molar-refractivity contribution in [1.82, 2.24) is 10.6 Å². The van der Waals surface area contributed by atoms with E-state index >= 15 is 0 Å². The first kappa shape index (κ1) is 17.6. The molecule has 1 saturated heterocycles. The minimum absolute atomic E-state index is 0. The molecule has 0 bridgehead atoms. The molecule has 0 aromatic carbocycles. The van der Waals surface area contributed by atoms with E-state index in [2.05, 4.69) is 10.6 Å². The van der Waals surface area contributed by atoms with Crippen LogP contribution in [0.5, 0.6) is 0 Å². The van der Waals surface area contributed by atoms with Gasteiger partial charge in [-0.2, -0.15) is 13.2 Å². The fraction of sp³-hybridized carbons (Fsp3) is 0.923. The first-order chi connectivity index (χ1) is 8.98. The number of hydrogen-bond acceptors (Lipinski definition) is 2. The normalized spacial score (nSPS) is 25.9. The molecule has 0 aromatic rings. The number of alkyl halides is 3. The monoisotopic (exact) mass is 314 g/mol. The topological polar surface area (TPSA) is 41.1 Å². The Kier molecular flexibility index (Phi) is 6.58. The van der Waals surface area contributed by atoms with E-state index in [0.29, 0.717) is 25.8 Å². The molecule has 3 nitrogen and oxygen atoms in total. The Morgan fingerprint density at radius 2 is 1.80 bits per heavy atom. The zero-order valence-corrected chi connectivity index (χ0v) is 12.2. The van der Waals surface area contributed by atoms with E-state index in [1.165, 1.54) is 0 Å². The number of amides is 1. The van der Waals surface area contributed by atoms with Crippen LogP contribution in [0.2, 0.25) is 0 Å². The molecule has 7 heteroatoms. The lowest BCUT2D eigenvalue weighted by Gasteiger charge is -2.30. The van der Waals surface area contributed by atoms with Crippen molar-refractivity contribution >= 4 is 18.3 Å². The van der Waals surface area contributed by atoms with Crippen molar-refractivity contribution in [3.63, 3.8) is 0 Å². The molecule has 1 aliphatic heterocycles. The van der Waals surface area contributed by atoms with Gasteiger partial charge in [0.05, 0.1) is 5.92 Å². The summed E-state index contributed by atoms with van der Waals surface area (Å²) in [7, 11) is 0. The van der Waals surface area contributed by atoms with Crippen LogP contribution in [0.4, 0.5) is 13.2 Å². The van der Waals surface area contributed by atoms with Crippen LogP contribution in [0.15, 0.2) is 0 Å². The van der Waals surface area contributed by atoms with Crippen molar-refractivity contribution in [3.8, 4) is 0 Å². The molecular formula is C13H22ClF3N2O. The molecule has 118 valence electrons. The molecule has 1 aliphatic carbocycles. The summed E-state index contributed by atoms with van der Waals surface area (Å²) in [6.45, 7) is 1.33. The molecule has 0 aromatic heterocycles. The maximum atomic E-state index is 13.1. The van der Waals surface area contributed by atoms with Gasteiger partial charge < -0.3 is 10.6 Å². The average Bonchev–Trinajstić information content (AvgIpc) is 2.88. The van der Waals surface area contributed by atoms with Gasteiger partial charge in [0.25, 0.3) is 0 Å². The standard InChI is InChI=1S/C13H21F3N2O.ClH/c14-13(15,16)11(9-4-1-2-5-9)18-12(19)10-6-3-7-17-8-10;/h9-11,17H,1-8H2,(H,18,19);1H. The third-order valence-electron chi connectivity index (χ3n) is 4.19. The Hall–Kier alpha value is -0.490. The van der Waals surface area contributed by atoms with Gasteiger partial charge in [-0.3, -0.25) is 4.79 Å². The highest BCUT2D eigenvalue weighted by atomic mass is 35.5. The van der Waals surface area contributed by atoms with Crippen LogP contribution >= 0.6 is 12.4 Å². The van der Waals surface area contributed by atoms with Gasteiger partial charge in [-0.05, 0) is 38.1 Å². The molecule has 1 amide bonds. The Bertz CT molecular complexity index is 313. The Morgan fingerprint density at radius 3 is 2.30 bits per heavy atom. The molecular weight excluding hydrogens is 293 g/mol. The van der Waals surface area contributed by atoms with Crippen LogP contribution in [-0.4, -0.2) is 31.2 Å². The minimum Gasteiger partial charge on any atom is -0.344 e. The van der Waals surface area contributed by atoms with Crippen molar-refractivity contribution in [2.24, 2.45) is 11.8 Å². The predicted octanol–water partition coefficient (Wildman–Crippen LogP) is 2.65. The largest absolute Gasteiger partial charge is 0.408 e. The molecule has 0 radical (unpaired) electrons. The van der Waals surface area contributed by atoms with Gasteiger partial charge in [0.15, 0.2) is 0 Å². The van der Waals surface area contributed by atoms with Gasteiger partial charge in [0.1, 0.15) is 6.04 Å². The van der Waals surface area contributed by atoms with E-state index in [9.17, 15) is 18.0 Å². The lowest BCUT2D eigenvalue weighted by atomic mass is 9.94. The van der Waals surface area contributed by atoms with Crippen molar-refractivity contribution in [2.45, 2.75) is 50.7 Å². The zero-order chi connectivity index (χ0) is 13.9. The Labute approximate surface area is 123 Å². The summed E-state index contributed by atoms with van der Waals surface area (Å²) in [6.07, 6.45) is -0.0318. The van der Waals surface area contributed by atoms with Gasteiger partial charge in [-0.15, -0.1) is 12.4 Å². The summed E-state index contributed by atoms with van der Waals surface area (Å²) in [5.74, 6) is -1.21. The van der Waals surface area contributed by atoms with Crippen LogP contribution in [0, 0.1) is 11.8 Å². The van der Waals surface area contributed by atoms with E-state index in [-0.39, 0.29) is 18.3 Å². The van der Waals surface area contributed by atoms with Crippen LogP contribution in [0.1, 0.15) is 38.5 Å². The summed E-state index contributed by atoms with van der Waals surface area (Å²) in [5.41, 5.74) is 0. The van der Waals surface area contributed by atoms with Gasteiger partial charge >= 0.3 is 6.18 Å². The quantitative estimate of drug-likeness (QED) is 0.841. The fourth-order valence-electron chi connectivity index (χ4n) is 3.10. The molecule has 2 N–H and O–H groups in total. The molecule has 1 saturated carbocycles. The van der Waals surface area contributed by atoms with Gasteiger partial charge in [-0.25, -0.2) is 0 Å². The van der Waals surface area contributed by atoms with E-state index in [1.54, 1.807) is 0 Å². The van der Waals surface area contributed by atoms with Crippen molar-refractivity contribution in [1.29, 1.82) is 0 Å². The van der Waals surface area contributed by atoms with Crippen LogP contribution in [0.25, 0.3) is 0 Å². The first-order valence-corrected chi connectivity index (χ1v) is 7.06. The smallest absolute Gasteiger partial charge is 0.344 e. The summed E-state index contributed by atoms with van der Waals surface area (Å²) in [4.78, 5) is 12.0. The average molecular weight is 315 g/mol. The second kappa shape index (κ2) is 7.50. The third kappa shape index (κ3) is 4.52. The van der Waals surface area contributed by atoms with E-state index in [0.717, 1.165) is 25.8 Å².